The number of imide groups is 1. The average molecular weight is 363 g/mol. The van der Waals surface area contributed by atoms with Gasteiger partial charge in [0.05, 0.1) is 24.3 Å². The van der Waals surface area contributed by atoms with Crippen LogP contribution in [0.15, 0.2) is 42.5 Å². The zero-order valence-corrected chi connectivity index (χ0v) is 14.4. The van der Waals surface area contributed by atoms with E-state index in [4.69, 9.17) is 0 Å². The number of aromatic nitrogens is 3. The molecule has 1 N–H and O–H groups in total. The minimum Gasteiger partial charge on any atom is -0.295 e. The molecule has 8 nitrogen and oxygen atoms in total. The van der Waals surface area contributed by atoms with Crippen LogP contribution in [-0.4, -0.2) is 32.5 Å². The molecule has 3 heterocycles. The summed E-state index contributed by atoms with van der Waals surface area (Å²) in [6.45, 7) is 0. The van der Waals surface area contributed by atoms with Crippen molar-refractivity contribution in [3.05, 3.63) is 48.0 Å². The standard InChI is InChI=1S/C19H17N5O3/c25-15-10-14(11-6-2-1-3-7-11)24-18(20-15)21-19(22-24)23-16(26)12-8-4-5-9-13(12)17(23)27/h1-7,12-14H,8-10H2,(H,20,21,22,25)/t12-,13+,14-/m1/s1. The van der Waals surface area contributed by atoms with Crippen LogP contribution >= 0.6 is 0 Å². The molecule has 0 radical (unpaired) electrons. The largest absolute Gasteiger partial charge is 0.295 e. The third-order valence-electron chi connectivity index (χ3n) is 5.44. The predicted octanol–water partition coefficient (Wildman–Crippen LogP) is 1.67. The third-order valence-corrected chi connectivity index (χ3v) is 5.44. The second-order valence-corrected chi connectivity index (χ2v) is 7.03. The van der Waals surface area contributed by atoms with E-state index < -0.39 is 0 Å². The van der Waals surface area contributed by atoms with E-state index in [2.05, 4.69) is 15.4 Å². The van der Waals surface area contributed by atoms with Crippen molar-refractivity contribution in [3.8, 4) is 0 Å². The first-order valence-corrected chi connectivity index (χ1v) is 8.97. The van der Waals surface area contributed by atoms with Gasteiger partial charge in [-0.25, -0.2) is 9.58 Å². The molecule has 1 fully saturated rings. The van der Waals surface area contributed by atoms with Crippen LogP contribution in [0.1, 0.15) is 30.9 Å². The minimum atomic E-state index is -0.345. The van der Waals surface area contributed by atoms with Crippen LogP contribution in [0.2, 0.25) is 0 Å². The maximum atomic E-state index is 12.8. The molecule has 3 aliphatic rings. The lowest BCUT2D eigenvalue weighted by Crippen LogP contribution is -2.32. The molecular formula is C19H17N5O3. The summed E-state index contributed by atoms with van der Waals surface area (Å²) in [5.41, 5.74) is 0.919. The molecule has 2 aliphatic heterocycles. The van der Waals surface area contributed by atoms with Crippen molar-refractivity contribution in [2.75, 3.05) is 10.2 Å². The van der Waals surface area contributed by atoms with Gasteiger partial charge >= 0.3 is 0 Å². The summed E-state index contributed by atoms with van der Waals surface area (Å²) >= 11 is 0. The molecule has 2 aromatic rings. The van der Waals surface area contributed by atoms with Crippen molar-refractivity contribution < 1.29 is 14.4 Å². The molecule has 1 saturated heterocycles. The predicted molar refractivity (Wildman–Crippen MR) is 95.7 cm³/mol. The molecule has 3 amide bonds. The molecule has 0 unspecified atom stereocenters. The highest BCUT2D eigenvalue weighted by Crippen LogP contribution is 2.38. The second-order valence-electron chi connectivity index (χ2n) is 7.03. The van der Waals surface area contributed by atoms with E-state index in [1.54, 1.807) is 4.68 Å². The van der Waals surface area contributed by atoms with Gasteiger partial charge < -0.3 is 0 Å². The van der Waals surface area contributed by atoms with E-state index in [9.17, 15) is 14.4 Å². The van der Waals surface area contributed by atoms with Crippen molar-refractivity contribution in [1.29, 1.82) is 0 Å². The van der Waals surface area contributed by atoms with Gasteiger partial charge in [0, 0.05) is 0 Å². The number of allylic oxidation sites excluding steroid dienone is 2. The number of carbonyl (C=O) groups excluding carboxylic acids is 3. The minimum absolute atomic E-state index is 0.0394. The normalized spacial score (nSPS) is 26.7. The van der Waals surface area contributed by atoms with Gasteiger partial charge in [-0.05, 0) is 18.4 Å². The molecule has 1 aliphatic carbocycles. The van der Waals surface area contributed by atoms with Crippen LogP contribution < -0.4 is 10.2 Å². The number of hydrogen-bond acceptors (Lipinski definition) is 5. The first-order valence-electron chi connectivity index (χ1n) is 8.97. The Labute approximate surface area is 154 Å². The third kappa shape index (κ3) is 2.40. The molecule has 5 rings (SSSR count). The molecule has 1 aromatic heterocycles. The fourth-order valence-corrected chi connectivity index (χ4v) is 4.08. The topological polar surface area (TPSA) is 97.2 Å². The molecule has 1 aromatic carbocycles. The fourth-order valence-electron chi connectivity index (χ4n) is 4.08. The molecule has 0 spiro atoms. The molecule has 0 saturated carbocycles. The van der Waals surface area contributed by atoms with Crippen LogP contribution in [0.3, 0.4) is 0 Å². The lowest BCUT2D eigenvalue weighted by Gasteiger charge is -2.23. The molecular weight excluding hydrogens is 346 g/mol. The number of anilines is 2. The van der Waals surface area contributed by atoms with Crippen molar-refractivity contribution in [2.24, 2.45) is 11.8 Å². The molecule has 27 heavy (non-hydrogen) atoms. The Balaban J connectivity index is 1.54. The quantitative estimate of drug-likeness (QED) is 0.647. The number of amides is 3. The summed E-state index contributed by atoms with van der Waals surface area (Å²) in [5, 5.41) is 7.12. The van der Waals surface area contributed by atoms with Crippen LogP contribution in [0.4, 0.5) is 11.9 Å². The van der Waals surface area contributed by atoms with E-state index >= 15 is 0 Å². The second kappa shape index (κ2) is 5.87. The van der Waals surface area contributed by atoms with Gasteiger partial charge in [-0.2, -0.15) is 4.98 Å². The van der Waals surface area contributed by atoms with E-state index in [0.717, 1.165) is 10.5 Å². The molecule has 3 atom stereocenters. The van der Waals surface area contributed by atoms with Gasteiger partial charge in [0.2, 0.25) is 23.7 Å². The Morgan fingerprint density at radius 1 is 0.963 bits per heavy atom. The van der Waals surface area contributed by atoms with E-state index in [1.165, 1.54) is 0 Å². The maximum Gasteiger partial charge on any atom is 0.260 e. The van der Waals surface area contributed by atoms with Crippen molar-refractivity contribution in [2.45, 2.75) is 25.3 Å². The SMILES string of the molecule is O=C1C[C@H](c2ccccc2)n2nc(N3C(=O)[C@H]4CC=CC[C@H]4C3=O)nc2N1. The van der Waals surface area contributed by atoms with Gasteiger partial charge in [-0.3, -0.25) is 19.7 Å². The lowest BCUT2D eigenvalue weighted by atomic mass is 9.85. The fraction of sp³-hybridized carbons (Fsp3) is 0.316. The Hall–Kier alpha value is -3.29. The first kappa shape index (κ1) is 15.9. The lowest BCUT2D eigenvalue weighted by molar-refractivity contribution is -0.122. The summed E-state index contributed by atoms with van der Waals surface area (Å²) in [4.78, 5) is 43.1. The van der Waals surface area contributed by atoms with Crippen LogP contribution in [0.5, 0.6) is 0 Å². The van der Waals surface area contributed by atoms with Crippen LogP contribution in [-0.2, 0) is 14.4 Å². The number of hydrogen-bond donors (Lipinski definition) is 1. The van der Waals surface area contributed by atoms with Gasteiger partial charge in [0.15, 0.2) is 0 Å². The van der Waals surface area contributed by atoms with E-state index in [1.807, 2.05) is 42.5 Å². The first-order chi connectivity index (χ1) is 13.1. The molecule has 0 bridgehead atoms. The number of rotatable bonds is 2. The maximum absolute atomic E-state index is 12.8. The highest BCUT2D eigenvalue weighted by Gasteiger charge is 2.49. The van der Waals surface area contributed by atoms with Crippen LogP contribution in [0, 0.1) is 11.8 Å². The monoisotopic (exact) mass is 363 g/mol. The zero-order valence-electron chi connectivity index (χ0n) is 14.4. The van der Waals surface area contributed by atoms with Gasteiger partial charge in [0.1, 0.15) is 0 Å². The number of nitrogens with zero attached hydrogens (tertiary/aromatic N) is 4. The Bertz CT molecular complexity index is 954. The van der Waals surface area contributed by atoms with E-state index in [-0.39, 0.29) is 53.9 Å². The number of benzene rings is 1. The van der Waals surface area contributed by atoms with E-state index in [0.29, 0.717) is 12.8 Å². The summed E-state index contributed by atoms with van der Waals surface area (Å²) in [7, 11) is 0. The van der Waals surface area contributed by atoms with Gasteiger partial charge in [-0.1, -0.05) is 42.5 Å². The summed E-state index contributed by atoms with van der Waals surface area (Å²) in [6.07, 6.45) is 5.21. The van der Waals surface area contributed by atoms with Crippen molar-refractivity contribution in [3.63, 3.8) is 0 Å². The zero-order chi connectivity index (χ0) is 18.5. The molecule has 136 valence electrons. The summed E-state index contributed by atoms with van der Waals surface area (Å²) in [6, 6.07) is 9.20. The van der Waals surface area contributed by atoms with Gasteiger partial charge in [-0.15, -0.1) is 5.10 Å². The Morgan fingerprint density at radius 3 is 2.30 bits per heavy atom. The van der Waals surface area contributed by atoms with Crippen molar-refractivity contribution >= 4 is 29.6 Å². The van der Waals surface area contributed by atoms with Gasteiger partial charge in [0.25, 0.3) is 5.95 Å². The Morgan fingerprint density at radius 2 is 1.63 bits per heavy atom. The summed E-state index contributed by atoms with van der Waals surface area (Å²) in [5.74, 6) is -1.10. The summed E-state index contributed by atoms with van der Waals surface area (Å²) < 4.78 is 1.59. The highest BCUT2D eigenvalue weighted by atomic mass is 16.2. The highest BCUT2D eigenvalue weighted by molar-refractivity contribution is 6.21. The average Bonchev–Trinajstić information content (AvgIpc) is 3.21. The number of nitrogens with one attached hydrogen (secondary N) is 1. The Kier molecular flexibility index (Phi) is 3.46. The smallest absolute Gasteiger partial charge is 0.260 e. The molecule has 8 heteroatoms. The number of carbonyl (C=O) groups is 3. The van der Waals surface area contributed by atoms with Crippen LogP contribution in [0.25, 0.3) is 0 Å². The van der Waals surface area contributed by atoms with Crippen molar-refractivity contribution in [1.82, 2.24) is 14.8 Å². The number of fused-ring (bicyclic) bond motifs is 2.